The first-order valence-electron chi connectivity index (χ1n) is 12.9. The maximum Gasteiger partial charge on any atom is 0.338 e. The van der Waals surface area contributed by atoms with E-state index in [9.17, 15) is 9.59 Å². The number of fused-ring (bicyclic) bond motifs is 2. The van der Waals surface area contributed by atoms with Crippen molar-refractivity contribution in [2.75, 3.05) is 7.11 Å². The third-order valence-corrected chi connectivity index (χ3v) is 7.68. The van der Waals surface area contributed by atoms with E-state index in [0.717, 1.165) is 38.1 Å². The number of hydrogen-bond donors (Lipinski definition) is 0. The largest absolute Gasteiger partial charge is 0.465 e. The van der Waals surface area contributed by atoms with Crippen LogP contribution in [0.2, 0.25) is 0 Å². The molecule has 0 saturated carbocycles. The molecule has 0 N–H and O–H groups in total. The zero-order valence-electron chi connectivity index (χ0n) is 22.8. The lowest BCUT2D eigenvalue weighted by molar-refractivity contribution is 0.0600. The van der Waals surface area contributed by atoms with Gasteiger partial charge in [0.25, 0.3) is 5.56 Å². The maximum absolute atomic E-state index is 13.7. The molecule has 0 radical (unpaired) electrons. The molecule has 0 bridgehead atoms. The summed E-state index contributed by atoms with van der Waals surface area (Å²) in [5.41, 5.74) is 5.75. The molecular weight excluding hydrogens is 584 g/mol. The number of rotatable bonds is 5. The fraction of sp³-hybridized carbons (Fsp3) is 0.125. The first-order valence-corrected chi connectivity index (χ1v) is 13.7. The predicted molar refractivity (Wildman–Crippen MR) is 163 cm³/mol. The van der Waals surface area contributed by atoms with Crippen molar-refractivity contribution in [2.24, 2.45) is 5.10 Å². The van der Waals surface area contributed by atoms with Crippen molar-refractivity contribution in [1.29, 1.82) is 0 Å². The number of carbonyl (C=O) groups is 1. The van der Waals surface area contributed by atoms with Crippen molar-refractivity contribution < 1.29 is 13.9 Å². The van der Waals surface area contributed by atoms with Crippen LogP contribution in [0.3, 0.4) is 0 Å². The number of methoxy groups -OCH3 is 1. The highest BCUT2D eigenvalue weighted by Crippen LogP contribution is 2.30. The van der Waals surface area contributed by atoms with Crippen LogP contribution >= 0.6 is 15.9 Å². The molecule has 41 heavy (non-hydrogen) atoms. The van der Waals surface area contributed by atoms with Gasteiger partial charge in [-0.2, -0.15) is 9.78 Å². The number of furan rings is 1. The second kappa shape index (κ2) is 10.3. The van der Waals surface area contributed by atoms with Crippen LogP contribution in [0.1, 0.15) is 32.9 Å². The summed E-state index contributed by atoms with van der Waals surface area (Å²) >= 11 is 3.50. The van der Waals surface area contributed by atoms with E-state index in [2.05, 4.69) is 25.6 Å². The Morgan fingerprint density at radius 1 is 1.02 bits per heavy atom. The Hall–Kier alpha value is -4.76. The van der Waals surface area contributed by atoms with Crippen LogP contribution in [0.4, 0.5) is 0 Å². The third-order valence-electron chi connectivity index (χ3n) is 7.19. The number of para-hydroxylation sites is 1. The van der Waals surface area contributed by atoms with Crippen molar-refractivity contribution >= 4 is 50.0 Å². The lowest BCUT2D eigenvalue weighted by Crippen LogP contribution is -2.20. The van der Waals surface area contributed by atoms with Crippen molar-refractivity contribution in [3.63, 3.8) is 0 Å². The van der Waals surface area contributed by atoms with Crippen LogP contribution in [0, 0.1) is 20.8 Å². The highest BCUT2D eigenvalue weighted by molar-refractivity contribution is 9.10. The Balaban J connectivity index is 1.49. The van der Waals surface area contributed by atoms with Crippen molar-refractivity contribution in [3.05, 3.63) is 116 Å². The number of ether oxygens (including phenoxy) is 1. The van der Waals surface area contributed by atoms with E-state index in [4.69, 9.17) is 14.1 Å². The van der Waals surface area contributed by atoms with Gasteiger partial charge in [-0.25, -0.2) is 9.78 Å². The number of aryl methyl sites for hydroxylation is 1. The number of halogens is 1. The summed E-state index contributed by atoms with van der Waals surface area (Å²) in [6.45, 7) is 5.85. The van der Waals surface area contributed by atoms with Gasteiger partial charge >= 0.3 is 5.97 Å². The molecule has 0 spiro atoms. The molecule has 204 valence electrons. The van der Waals surface area contributed by atoms with E-state index >= 15 is 0 Å². The Morgan fingerprint density at radius 2 is 1.83 bits per heavy atom. The molecule has 6 rings (SSSR count). The van der Waals surface area contributed by atoms with Crippen LogP contribution < -0.4 is 5.56 Å². The summed E-state index contributed by atoms with van der Waals surface area (Å²) in [4.78, 5) is 30.7. The van der Waals surface area contributed by atoms with E-state index in [1.807, 2.05) is 69.3 Å². The molecule has 0 fully saturated rings. The van der Waals surface area contributed by atoms with Gasteiger partial charge in [-0.3, -0.25) is 4.79 Å². The van der Waals surface area contributed by atoms with E-state index in [1.165, 1.54) is 11.8 Å². The summed E-state index contributed by atoms with van der Waals surface area (Å²) < 4.78 is 15.3. The number of esters is 1. The number of benzene rings is 3. The Kier molecular flexibility index (Phi) is 6.67. The van der Waals surface area contributed by atoms with Gasteiger partial charge in [0.1, 0.15) is 5.58 Å². The molecule has 3 heterocycles. The molecular formula is C32H25BrN4O4. The summed E-state index contributed by atoms with van der Waals surface area (Å²) in [7, 11) is 1.37. The predicted octanol–water partition coefficient (Wildman–Crippen LogP) is 6.96. The maximum atomic E-state index is 13.7. The normalized spacial score (nSPS) is 11.6. The summed E-state index contributed by atoms with van der Waals surface area (Å²) in [5, 5.41) is 5.97. The van der Waals surface area contributed by atoms with E-state index in [-0.39, 0.29) is 11.5 Å². The second-order valence-corrected chi connectivity index (χ2v) is 10.6. The lowest BCUT2D eigenvalue weighted by atomic mass is 10.1. The van der Waals surface area contributed by atoms with E-state index in [0.29, 0.717) is 33.6 Å². The van der Waals surface area contributed by atoms with Gasteiger partial charge in [0, 0.05) is 32.5 Å². The van der Waals surface area contributed by atoms with E-state index in [1.54, 1.807) is 30.5 Å². The first-order chi connectivity index (χ1) is 19.8. The number of aromatic nitrogens is 3. The number of carbonyl (C=O) groups excluding carboxylic acids is 1. The van der Waals surface area contributed by atoms with Crippen LogP contribution in [-0.2, 0) is 4.74 Å². The molecule has 0 amide bonds. The van der Waals surface area contributed by atoms with E-state index < -0.39 is 0 Å². The van der Waals surface area contributed by atoms with Gasteiger partial charge in [-0.1, -0.05) is 34.1 Å². The standard InChI is InChI=1S/C32H25BrN4O4/c1-18-14-22(20(3)36(18)27-11-7-9-24(19(27)2)32(39)40-4)17-34-37-30(35-26-10-6-5-8-25(26)31(37)38)29-16-21-15-23(33)12-13-28(21)41-29/h5-17H,1-4H3. The first kappa shape index (κ1) is 26.5. The van der Waals surface area contributed by atoms with Crippen LogP contribution in [-0.4, -0.2) is 33.5 Å². The van der Waals surface area contributed by atoms with Gasteiger partial charge in [-0.15, -0.1) is 0 Å². The van der Waals surface area contributed by atoms with Gasteiger partial charge < -0.3 is 13.7 Å². The summed E-state index contributed by atoms with van der Waals surface area (Å²) in [6.07, 6.45) is 1.65. The molecule has 8 nitrogen and oxygen atoms in total. The Bertz CT molecular complexity index is 2080. The van der Waals surface area contributed by atoms with Gasteiger partial charge in [-0.05, 0) is 80.9 Å². The van der Waals surface area contributed by atoms with Crippen molar-refractivity contribution in [2.45, 2.75) is 20.8 Å². The second-order valence-electron chi connectivity index (χ2n) is 9.71. The van der Waals surface area contributed by atoms with Gasteiger partial charge in [0.05, 0.1) is 29.8 Å². The lowest BCUT2D eigenvalue weighted by Gasteiger charge is -2.15. The van der Waals surface area contributed by atoms with Crippen molar-refractivity contribution in [3.8, 4) is 17.3 Å². The Morgan fingerprint density at radius 3 is 2.63 bits per heavy atom. The quantitative estimate of drug-likeness (QED) is 0.156. The summed E-state index contributed by atoms with van der Waals surface area (Å²) in [5.74, 6) is 0.341. The average Bonchev–Trinajstić information content (AvgIpc) is 3.51. The molecule has 0 unspecified atom stereocenters. The summed E-state index contributed by atoms with van der Waals surface area (Å²) in [6, 6.07) is 22.3. The fourth-order valence-corrected chi connectivity index (χ4v) is 5.50. The molecule has 0 aliphatic rings. The number of nitrogens with zero attached hydrogens (tertiary/aromatic N) is 4. The molecule has 3 aromatic heterocycles. The Labute approximate surface area is 243 Å². The molecule has 0 atom stereocenters. The highest BCUT2D eigenvalue weighted by atomic mass is 79.9. The SMILES string of the molecule is COC(=O)c1cccc(-n2c(C)cc(C=Nn3c(-c4cc5cc(Br)ccc5o4)nc4ccccc4c3=O)c2C)c1C. The third kappa shape index (κ3) is 4.58. The molecule has 0 aliphatic carbocycles. The van der Waals surface area contributed by atoms with Crippen LogP contribution in [0.25, 0.3) is 39.1 Å². The monoisotopic (exact) mass is 608 g/mol. The van der Waals surface area contributed by atoms with Gasteiger partial charge in [0.15, 0.2) is 5.76 Å². The topological polar surface area (TPSA) is 91.6 Å². The van der Waals surface area contributed by atoms with Crippen LogP contribution in [0.5, 0.6) is 0 Å². The molecule has 0 aliphatic heterocycles. The average molecular weight is 609 g/mol. The fourth-order valence-electron chi connectivity index (χ4n) is 5.12. The number of hydrogen-bond acceptors (Lipinski definition) is 6. The molecule has 9 heteroatoms. The minimum Gasteiger partial charge on any atom is -0.465 e. The van der Waals surface area contributed by atoms with Gasteiger partial charge in [0.2, 0.25) is 5.82 Å². The molecule has 3 aromatic carbocycles. The highest BCUT2D eigenvalue weighted by Gasteiger charge is 2.19. The zero-order chi connectivity index (χ0) is 28.8. The van der Waals surface area contributed by atoms with Crippen LogP contribution in [0.15, 0.2) is 91.6 Å². The molecule has 0 saturated heterocycles. The van der Waals surface area contributed by atoms with Crippen molar-refractivity contribution in [1.82, 2.24) is 14.2 Å². The minimum absolute atomic E-state index is 0.299. The smallest absolute Gasteiger partial charge is 0.338 e. The molecule has 6 aromatic rings. The minimum atomic E-state index is -0.387. The zero-order valence-corrected chi connectivity index (χ0v) is 24.4.